The van der Waals surface area contributed by atoms with E-state index in [9.17, 15) is 4.79 Å². The quantitative estimate of drug-likeness (QED) is 0.831. The number of fused-ring (bicyclic) bond motifs is 4. The summed E-state index contributed by atoms with van der Waals surface area (Å²) in [7, 11) is 0. The van der Waals surface area contributed by atoms with E-state index >= 15 is 0 Å². The third-order valence-corrected chi connectivity index (χ3v) is 5.74. The molecule has 136 valence electrons. The fourth-order valence-electron chi connectivity index (χ4n) is 4.42. The molecular formula is C22H27N3O. The van der Waals surface area contributed by atoms with E-state index in [1.165, 1.54) is 18.4 Å². The fourth-order valence-corrected chi connectivity index (χ4v) is 4.42. The van der Waals surface area contributed by atoms with E-state index in [0.29, 0.717) is 12.0 Å². The Morgan fingerprint density at radius 3 is 2.73 bits per heavy atom. The van der Waals surface area contributed by atoms with Crippen LogP contribution in [0.15, 0.2) is 54.9 Å². The first-order chi connectivity index (χ1) is 12.8. The van der Waals surface area contributed by atoms with Crippen LogP contribution < -0.4 is 0 Å². The van der Waals surface area contributed by atoms with E-state index in [2.05, 4.69) is 45.1 Å². The summed E-state index contributed by atoms with van der Waals surface area (Å²) in [6, 6.07) is 14.8. The summed E-state index contributed by atoms with van der Waals surface area (Å²) in [6.45, 7) is 4.16. The van der Waals surface area contributed by atoms with Crippen molar-refractivity contribution < 1.29 is 4.79 Å². The Labute approximate surface area is 155 Å². The fraction of sp³-hybridized carbons (Fsp3) is 0.455. The Hall–Kier alpha value is -2.20. The lowest BCUT2D eigenvalue weighted by atomic mass is 9.94. The van der Waals surface area contributed by atoms with E-state index < -0.39 is 0 Å². The van der Waals surface area contributed by atoms with E-state index in [1.807, 2.05) is 12.1 Å². The first-order valence-electron chi connectivity index (χ1n) is 9.77. The zero-order valence-corrected chi connectivity index (χ0v) is 15.3. The smallest absolute Gasteiger partial charge is 0.255 e. The largest absolute Gasteiger partial charge is 0.334 e. The number of amides is 1. The van der Waals surface area contributed by atoms with Gasteiger partial charge in [0.1, 0.15) is 0 Å². The van der Waals surface area contributed by atoms with Crippen molar-refractivity contribution in [2.45, 2.75) is 31.7 Å². The maximum atomic E-state index is 12.9. The summed E-state index contributed by atoms with van der Waals surface area (Å²) >= 11 is 0. The second-order valence-electron chi connectivity index (χ2n) is 7.65. The van der Waals surface area contributed by atoms with Gasteiger partial charge in [0.25, 0.3) is 5.91 Å². The highest BCUT2D eigenvalue weighted by molar-refractivity contribution is 5.94. The number of carbonyl (C=O) groups is 1. The van der Waals surface area contributed by atoms with Crippen LogP contribution in [-0.4, -0.2) is 52.9 Å². The lowest BCUT2D eigenvalue weighted by molar-refractivity contribution is 0.0585. The highest BCUT2D eigenvalue weighted by Gasteiger charge is 2.37. The van der Waals surface area contributed by atoms with Crippen LogP contribution in [0.1, 0.15) is 35.2 Å². The summed E-state index contributed by atoms with van der Waals surface area (Å²) in [6.07, 6.45) is 8.10. The third-order valence-electron chi connectivity index (χ3n) is 5.74. The van der Waals surface area contributed by atoms with E-state index in [0.717, 1.165) is 44.6 Å². The molecule has 3 fully saturated rings. The van der Waals surface area contributed by atoms with Gasteiger partial charge in [0.05, 0.1) is 5.56 Å². The van der Waals surface area contributed by atoms with Gasteiger partial charge in [0.15, 0.2) is 0 Å². The van der Waals surface area contributed by atoms with Crippen molar-refractivity contribution in [3.05, 3.63) is 66.0 Å². The molecule has 2 atom stereocenters. The molecule has 4 heteroatoms. The van der Waals surface area contributed by atoms with Gasteiger partial charge < -0.3 is 9.80 Å². The molecule has 0 N–H and O–H groups in total. The molecule has 3 saturated heterocycles. The molecule has 5 rings (SSSR count). The van der Waals surface area contributed by atoms with Crippen LogP contribution in [0.4, 0.5) is 0 Å². The lowest BCUT2D eigenvalue weighted by Crippen LogP contribution is -2.47. The minimum absolute atomic E-state index is 0.152. The summed E-state index contributed by atoms with van der Waals surface area (Å²) in [4.78, 5) is 21.7. The molecular weight excluding hydrogens is 322 g/mol. The molecule has 4 nitrogen and oxygen atoms in total. The average molecular weight is 349 g/mol. The standard InChI is InChI=1S/C22H27N3O/c26-22(20-9-4-12-23-14-20)25-16-19-10-11-21(25)17-24(15-19)13-5-8-18-6-2-1-3-7-18/h1-4,6-7,9,12,14,19,21H,5,8,10-11,13,15-17H2/t19-,21+/m0/s1. The topological polar surface area (TPSA) is 36.4 Å². The Morgan fingerprint density at radius 1 is 1.04 bits per heavy atom. The minimum Gasteiger partial charge on any atom is -0.334 e. The molecule has 1 amide bonds. The van der Waals surface area contributed by atoms with E-state index in [1.54, 1.807) is 12.4 Å². The third kappa shape index (κ3) is 3.96. The van der Waals surface area contributed by atoms with E-state index in [-0.39, 0.29) is 5.91 Å². The van der Waals surface area contributed by atoms with Crippen LogP contribution in [0.5, 0.6) is 0 Å². The summed E-state index contributed by atoms with van der Waals surface area (Å²) in [5, 5.41) is 0. The number of hydrogen-bond donors (Lipinski definition) is 0. The van der Waals surface area contributed by atoms with Crippen molar-refractivity contribution in [1.29, 1.82) is 0 Å². The van der Waals surface area contributed by atoms with Gasteiger partial charge in [-0.2, -0.15) is 0 Å². The molecule has 1 aromatic heterocycles. The molecule has 0 radical (unpaired) electrons. The van der Waals surface area contributed by atoms with Gasteiger partial charge in [0.2, 0.25) is 0 Å². The number of aromatic nitrogens is 1. The van der Waals surface area contributed by atoms with Crippen molar-refractivity contribution in [2.75, 3.05) is 26.2 Å². The highest BCUT2D eigenvalue weighted by Crippen LogP contribution is 2.29. The van der Waals surface area contributed by atoms with Crippen LogP contribution in [0.2, 0.25) is 0 Å². The Morgan fingerprint density at radius 2 is 1.92 bits per heavy atom. The predicted octanol–water partition coefficient (Wildman–Crippen LogP) is 3.25. The van der Waals surface area contributed by atoms with Gasteiger partial charge in [0, 0.05) is 38.1 Å². The molecule has 3 aliphatic rings. The van der Waals surface area contributed by atoms with Crippen molar-refractivity contribution in [2.24, 2.45) is 5.92 Å². The molecule has 2 bridgehead atoms. The zero-order valence-electron chi connectivity index (χ0n) is 15.3. The minimum atomic E-state index is 0.152. The number of aryl methyl sites for hydroxylation is 1. The Bertz CT molecular complexity index is 719. The number of piperidine rings is 1. The van der Waals surface area contributed by atoms with Gasteiger partial charge >= 0.3 is 0 Å². The zero-order chi connectivity index (χ0) is 17.8. The molecule has 1 aromatic carbocycles. The first-order valence-corrected chi connectivity index (χ1v) is 9.77. The maximum absolute atomic E-state index is 12.9. The molecule has 26 heavy (non-hydrogen) atoms. The monoisotopic (exact) mass is 349 g/mol. The first kappa shape index (κ1) is 17.2. The molecule has 0 aliphatic carbocycles. The van der Waals surface area contributed by atoms with Crippen molar-refractivity contribution in [1.82, 2.24) is 14.8 Å². The summed E-state index contributed by atoms with van der Waals surface area (Å²) in [5.74, 6) is 0.755. The average Bonchev–Trinajstić information content (AvgIpc) is 3.00. The van der Waals surface area contributed by atoms with Crippen molar-refractivity contribution in [3.63, 3.8) is 0 Å². The van der Waals surface area contributed by atoms with Crippen LogP contribution in [-0.2, 0) is 6.42 Å². The summed E-state index contributed by atoms with van der Waals surface area (Å²) in [5.41, 5.74) is 2.13. The number of carbonyl (C=O) groups excluding carboxylic acids is 1. The van der Waals surface area contributed by atoms with Crippen molar-refractivity contribution in [3.8, 4) is 0 Å². The normalized spacial score (nSPS) is 23.0. The lowest BCUT2D eigenvalue weighted by Gasteiger charge is -2.36. The number of rotatable bonds is 5. The van der Waals surface area contributed by atoms with Gasteiger partial charge in [-0.25, -0.2) is 0 Å². The second-order valence-corrected chi connectivity index (χ2v) is 7.65. The maximum Gasteiger partial charge on any atom is 0.255 e. The van der Waals surface area contributed by atoms with Crippen LogP contribution in [0.3, 0.4) is 0 Å². The summed E-state index contributed by atoms with van der Waals surface area (Å²) < 4.78 is 0. The predicted molar refractivity (Wildman–Crippen MR) is 103 cm³/mol. The van der Waals surface area contributed by atoms with Crippen LogP contribution >= 0.6 is 0 Å². The van der Waals surface area contributed by atoms with Crippen LogP contribution in [0.25, 0.3) is 0 Å². The molecule has 3 aliphatic heterocycles. The molecule has 4 heterocycles. The molecule has 0 saturated carbocycles. The number of hydrogen-bond acceptors (Lipinski definition) is 3. The number of pyridine rings is 1. The van der Waals surface area contributed by atoms with Gasteiger partial charge in [-0.1, -0.05) is 30.3 Å². The molecule has 0 unspecified atom stereocenters. The molecule has 0 spiro atoms. The number of nitrogens with zero attached hydrogens (tertiary/aromatic N) is 3. The SMILES string of the molecule is O=C(c1cccnc1)N1C[C@H]2CC[C@@H]1CN(CCCc1ccccc1)C2. The molecule has 2 aromatic rings. The highest BCUT2D eigenvalue weighted by atomic mass is 16.2. The Kier molecular flexibility index (Phi) is 5.30. The number of benzene rings is 1. The van der Waals surface area contributed by atoms with Crippen molar-refractivity contribution >= 4 is 5.91 Å². The van der Waals surface area contributed by atoms with Gasteiger partial charge in [-0.15, -0.1) is 0 Å². The Balaban J connectivity index is 1.36. The second kappa shape index (κ2) is 8.00. The van der Waals surface area contributed by atoms with E-state index in [4.69, 9.17) is 0 Å². The van der Waals surface area contributed by atoms with Crippen LogP contribution in [0, 0.1) is 5.92 Å². The van der Waals surface area contributed by atoms with Gasteiger partial charge in [-0.05, 0) is 55.8 Å². The van der Waals surface area contributed by atoms with Gasteiger partial charge in [-0.3, -0.25) is 9.78 Å².